The average molecular weight is 508 g/mol. The molecule has 2 aliphatic heterocycles. The zero-order valence-electron chi connectivity index (χ0n) is 21.9. The van der Waals surface area contributed by atoms with E-state index in [1.807, 2.05) is 92.1 Å². The second-order valence-electron chi connectivity index (χ2n) is 10.2. The third kappa shape index (κ3) is 3.65. The van der Waals surface area contributed by atoms with Gasteiger partial charge in [0.2, 0.25) is 0 Å². The molecule has 7 heteroatoms. The summed E-state index contributed by atoms with van der Waals surface area (Å²) in [5, 5.41) is 12.6. The van der Waals surface area contributed by atoms with Crippen molar-refractivity contribution in [3.8, 4) is 5.75 Å². The molecule has 0 saturated carbocycles. The summed E-state index contributed by atoms with van der Waals surface area (Å²) in [4.78, 5) is 31.0. The molecule has 1 N–H and O–H groups in total. The maximum Gasteiger partial charge on any atom is 0.300 e. The Kier molecular flexibility index (Phi) is 5.52. The molecule has 1 atom stereocenters. The van der Waals surface area contributed by atoms with Crippen LogP contribution in [0.2, 0.25) is 0 Å². The number of aromatic nitrogens is 1. The third-order valence-corrected chi connectivity index (χ3v) is 7.48. The van der Waals surface area contributed by atoms with Gasteiger partial charge in [0.25, 0.3) is 11.7 Å². The monoisotopic (exact) mass is 507 g/mol. The number of ketones is 1. The van der Waals surface area contributed by atoms with Gasteiger partial charge in [-0.25, -0.2) is 0 Å². The first kappa shape index (κ1) is 23.9. The van der Waals surface area contributed by atoms with Gasteiger partial charge in [-0.3, -0.25) is 14.5 Å². The quantitative estimate of drug-likeness (QED) is 0.233. The van der Waals surface area contributed by atoms with Crippen molar-refractivity contribution in [2.75, 3.05) is 30.0 Å². The van der Waals surface area contributed by atoms with Gasteiger partial charge in [-0.1, -0.05) is 24.3 Å². The summed E-state index contributed by atoms with van der Waals surface area (Å²) < 4.78 is 7.74. The van der Waals surface area contributed by atoms with Gasteiger partial charge in [0.15, 0.2) is 0 Å². The number of anilines is 2. The fraction of sp³-hybridized carbons (Fsp3) is 0.226. The van der Waals surface area contributed by atoms with Crippen molar-refractivity contribution in [3.63, 3.8) is 0 Å². The first-order chi connectivity index (χ1) is 18.2. The number of carbonyl (C=O) groups is 2. The number of aryl methyl sites for hydroxylation is 3. The number of benzene rings is 3. The standard InChI is InChI=1S/C31H29N3O4/c1-18-13-19(2)15-21(14-18)34-28(23-17-33(4)24-8-6-5-7-22(23)24)27(30(36)31(34)37)29(35)20-9-10-26-25(16-20)32(3)11-12-38-26/h5-10,13-17,28,35H,11-12H2,1-4H3/b29-27+. The molecule has 2 aliphatic rings. The van der Waals surface area contributed by atoms with Crippen molar-refractivity contribution in [1.82, 2.24) is 4.57 Å². The van der Waals surface area contributed by atoms with Crippen molar-refractivity contribution in [1.29, 1.82) is 0 Å². The highest BCUT2D eigenvalue weighted by molar-refractivity contribution is 6.52. The Morgan fingerprint density at radius 1 is 0.974 bits per heavy atom. The molecule has 0 spiro atoms. The average Bonchev–Trinajstić information content (AvgIpc) is 3.36. The van der Waals surface area contributed by atoms with E-state index in [0.717, 1.165) is 39.0 Å². The summed E-state index contributed by atoms with van der Waals surface area (Å²) >= 11 is 0. The number of rotatable bonds is 3. The zero-order valence-corrected chi connectivity index (χ0v) is 21.9. The van der Waals surface area contributed by atoms with Crippen LogP contribution in [0.15, 0.2) is 72.4 Å². The lowest BCUT2D eigenvalue weighted by atomic mass is 9.94. The molecule has 0 bridgehead atoms. The Labute approximate surface area is 221 Å². The Bertz CT molecular complexity index is 1640. The number of aliphatic hydroxyl groups is 1. The lowest BCUT2D eigenvalue weighted by Crippen LogP contribution is -2.29. The van der Waals surface area contributed by atoms with E-state index in [9.17, 15) is 14.7 Å². The van der Waals surface area contributed by atoms with E-state index in [-0.39, 0.29) is 11.3 Å². The van der Waals surface area contributed by atoms with Crippen molar-refractivity contribution in [3.05, 3.63) is 94.7 Å². The van der Waals surface area contributed by atoms with Crippen LogP contribution in [0.4, 0.5) is 11.4 Å². The van der Waals surface area contributed by atoms with Crippen molar-refractivity contribution < 1.29 is 19.4 Å². The van der Waals surface area contributed by atoms with Crippen molar-refractivity contribution in [2.24, 2.45) is 7.05 Å². The van der Waals surface area contributed by atoms with Gasteiger partial charge in [0.1, 0.15) is 18.1 Å². The minimum absolute atomic E-state index is 0.0739. The second-order valence-corrected chi connectivity index (χ2v) is 10.2. The van der Waals surface area contributed by atoms with Crippen LogP contribution < -0.4 is 14.5 Å². The molecule has 3 aromatic carbocycles. The molecule has 192 valence electrons. The zero-order chi connectivity index (χ0) is 26.7. The minimum atomic E-state index is -0.799. The molecule has 0 radical (unpaired) electrons. The summed E-state index contributed by atoms with van der Waals surface area (Å²) in [6.07, 6.45) is 1.94. The number of nitrogens with zero attached hydrogens (tertiary/aromatic N) is 3. The van der Waals surface area contributed by atoms with Gasteiger partial charge in [-0.15, -0.1) is 0 Å². The van der Waals surface area contributed by atoms with E-state index in [4.69, 9.17) is 4.74 Å². The Morgan fingerprint density at radius 3 is 2.47 bits per heavy atom. The number of aliphatic hydroxyl groups excluding tert-OH is 1. The van der Waals surface area contributed by atoms with Gasteiger partial charge in [0.05, 0.1) is 23.8 Å². The van der Waals surface area contributed by atoms with Gasteiger partial charge in [0, 0.05) is 48.0 Å². The predicted molar refractivity (Wildman–Crippen MR) is 149 cm³/mol. The first-order valence-corrected chi connectivity index (χ1v) is 12.7. The van der Waals surface area contributed by atoms with Gasteiger partial charge in [-0.2, -0.15) is 0 Å². The van der Waals surface area contributed by atoms with Crippen LogP contribution >= 0.6 is 0 Å². The molecule has 1 amide bonds. The SMILES string of the molecule is Cc1cc(C)cc(N2C(=O)C(=O)/C(=C(/O)c3ccc4c(c3)N(C)CCO4)C2c2cn(C)c3ccccc23)c1. The summed E-state index contributed by atoms with van der Waals surface area (Å²) in [5.74, 6) is -0.846. The molecule has 0 aliphatic carbocycles. The summed E-state index contributed by atoms with van der Waals surface area (Å²) in [5.41, 5.74) is 5.70. The highest BCUT2D eigenvalue weighted by Crippen LogP contribution is 2.45. The second kappa shape index (κ2) is 8.80. The lowest BCUT2D eigenvalue weighted by Gasteiger charge is -2.28. The van der Waals surface area contributed by atoms with E-state index in [2.05, 4.69) is 0 Å². The number of fused-ring (bicyclic) bond motifs is 2. The Hall–Kier alpha value is -4.52. The topological polar surface area (TPSA) is 75.0 Å². The number of Topliss-reactive ketones (excluding diaryl/α,β-unsaturated/α-hetero) is 1. The van der Waals surface area contributed by atoms with E-state index < -0.39 is 17.7 Å². The molecule has 38 heavy (non-hydrogen) atoms. The predicted octanol–water partition coefficient (Wildman–Crippen LogP) is 5.25. The number of likely N-dealkylation sites (N-methyl/N-ethyl adjacent to an activating group) is 1. The summed E-state index contributed by atoms with van der Waals surface area (Å²) in [6.45, 7) is 5.22. The molecule has 1 unspecified atom stereocenters. The van der Waals surface area contributed by atoms with Crippen molar-refractivity contribution in [2.45, 2.75) is 19.9 Å². The third-order valence-electron chi connectivity index (χ3n) is 7.48. The highest BCUT2D eigenvalue weighted by atomic mass is 16.5. The maximum atomic E-state index is 13.7. The van der Waals surface area contributed by atoms with Crippen molar-refractivity contribution >= 4 is 39.7 Å². The number of amides is 1. The first-order valence-electron chi connectivity index (χ1n) is 12.7. The molecule has 7 nitrogen and oxygen atoms in total. The smallest absolute Gasteiger partial charge is 0.300 e. The number of carbonyl (C=O) groups excluding carboxylic acids is 2. The maximum absolute atomic E-state index is 13.7. The van der Waals surface area contributed by atoms with E-state index in [0.29, 0.717) is 24.4 Å². The molecule has 1 saturated heterocycles. The number of para-hydroxylation sites is 1. The van der Waals surface area contributed by atoms with Gasteiger partial charge < -0.3 is 19.3 Å². The largest absolute Gasteiger partial charge is 0.507 e. The molecule has 6 rings (SSSR count). The molecular weight excluding hydrogens is 478 g/mol. The van der Waals surface area contributed by atoms with Gasteiger partial charge in [-0.05, 0) is 61.4 Å². The normalized spacial score (nSPS) is 18.7. The summed E-state index contributed by atoms with van der Waals surface area (Å²) in [6, 6.07) is 18.3. The van der Waals surface area contributed by atoms with Crippen LogP contribution in [0.5, 0.6) is 5.75 Å². The Morgan fingerprint density at radius 2 is 1.71 bits per heavy atom. The molecule has 1 fully saturated rings. The Balaban J connectivity index is 1.61. The molecular formula is C31H29N3O4. The molecule has 4 aromatic rings. The van der Waals surface area contributed by atoms with E-state index in [1.165, 1.54) is 4.90 Å². The fourth-order valence-electron chi connectivity index (χ4n) is 5.73. The van der Waals surface area contributed by atoms with Crippen LogP contribution in [0, 0.1) is 13.8 Å². The van der Waals surface area contributed by atoms with Crippen LogP contribution in [-0.2, 0) is 16.6 Å². The fourth-order valence-corrected chi connectivity index (χ4v) is 5.73. The highest BCUT2D eigenvalue weighted by Gasteiger charge is 2.48. The lowest BCUT2D eigenvalue weighted by molar-refractivity contribution is -0.132. The van der Waals surface area contributed by atoms with Crippen LogP contribution in [0.25, 0.3) is 16.7 Å². The summed E-state index contributed by atoms with van der Waals surface area (Å²) in [7, 11) is 3.90. The molecule has 1 aromatic heterocycles. The number of hydrogen-bond donors (Lipinski definition) is 1. The number of ether oxygens (including phenoxy) is 1. The van der Waals surface area contributed by atoms with E-state index >= 15 is 0 Å². The van der Waals surface area contributed by atoms with Crippen LogP contribution in [-0.4, -0.2) is 41.6 Å². The van der Waals surface area contributed by atoms with E-state index in [1.54, 1.807) is 12.1 Å². The molecule has 3 heterocycles. The van der Waals surface area contributed by atoms with Gasteiger partial charge >= 0.3 is 0 Å². The van der Waals surface area contributed by atoms with Crippen LogP contribution in [0.1, 0.15) is 28.3 Å². The van der Waals surface area contributed by atoms with Crippen LogP contribution in [0.3, 0.4) is 0 Å². The number of hydrogen-bond acceptors (Lipinski definition) is 5. The minimum Gasteiger partial charge on any atom is -0.507 e.